The van der Waals surface area contributed by atoms with Gasteiger partial charge in [-0.15, -0.1) is 0 Å². The molecule has 1 saturated carbocycles. The third-order valence-electron chi connectivity index (χ3n) is 4.91. The molecule has 26 heavy (non-hydrogen) atoms. The lowest BCUT2D eigenvalue weighted by Gasteiger charge is -2.16. The summed E-state index contributed by atoms with van der Waals surface area (Å²) in [6.45, 7) is 2.95. The van der Waals surface area contributed by atoms with Gasteiger partial charge in [0.15, 0.2) is 0 Å². The molecule has 0 spiro atoms. The Labute approximate surface area is 158 Å². The molecule has 0 heterocycles. The molecule has 2 amide bonds. The minimum absolute atomic E-state index is 0.179. The minimum Gasteiger partial charge on any atom is -0.355 e. The van der Waals surface area contributed by atoms with E-state index in [0.29, 0.717) is 37.4 Å². The Hall–Kier alpha value is -2.33. The number of carbonyl (C=O) groups is 2. The van der Waals surface area contributed by atoms with Gasteiger partial charge in [-0.25, -0.2) is 0 Å². The summed E-state index contributed by atoms with van der Waals surface area (Å²) < 4.78 is 0. The Morgan fingerprint density at radius 3 is 2.46 bits per heavy atom. The standard InChI is InChI=1S/C21H23ClN2O2/c1-15-5-2-3-7-17(15)14-24-20(26)21(10-11-21)19(25)23-12-9-16-6-4-8-18(22)13-16/h2-8,13H,9-12,14H2,1H3,(H,23,25)(H,24,26). The van der Waals surface area contributed by atoms with Crippen LogP contribution in [0.5, 0.6) is 0 Å². The maximum Gasteiger partial charge on any atom is 0.235 e. The van der Waals surface area contributed by atoms with Crippen molar-refractivity contribution in [1.82, 2.24) is 10.6 Å². The normalized spacial score (nSPS) is 14.5. The number of hydrogen-bond donors (Lipinski definition) is 2. The van der Waals surface area contributed by atoms with E-state index < -0.39 is 5.41 Å². The van der Waals surface area contributed by atoms with Gasteiger partial charge >= 0.3 is 0 Å². The van der Waals surface area contributed by atoms with Crippen LogP contribution in [0.2, 0.25) is 5.02 Å². The topological polar surface area (TPSA) is 58.2 Å². The van der Waals surface area contributed by atoms with Crippen LogP contribution in [0.25, 0.3) is 0 Å². The van der Waals surface area contributed by atoms with E-state index in [1.54, 1.807) is 0 Å². The van der Waals surface area contributed by atoms with Crippen LogP contribution in [0.4, 0.5) is 0 Å². The molecule has 0 aliphatic heterocycles. The molecule has 5 heteroatoms. The number of benzene rings is 2. The average molecular weight is 371 g/mol. The predicted octanol–water partition coefficient (Wildman–Crippen LogP) is 3.40. The van der Waals surface area contributed by atoms with Gasteiger partial charge in [-0.1, -0.05) is 48.0 Å². The molecule has 2 N–H and O–H groups in total. The molecule has 0 bridgehead atoms. The Bertz CT molecular complexity index is 815. The van der Waals surface area contributed by atoms with Crippen molar-refractivity contribution in [3.63, 3.8) is 0 Å². The van der Waals surface area contributed by atoms with E-state index in [2.05, 4.69) is 10.6 Å². The number of amides is 2. The zero-order valence-electron chi connectivity index (χ0n) is 14.8. The molecule has 4 nitrogen and oxygen atoms in total. The van der Waals surface area contributed by atoms with Crippen molar-refractivity contribution in [1.29, 1.82) is 0 Å². The second kappa shape index (κ2) is 7.92. The Balaban J connectivity index is 1.50. The first kappa shape index (κ1) is 18.5. The fourth-order valence-electron chi connectivity index (χ4n) is 3.02. The third kappa shape index (κ3) is 4.25. The van der Waals surface area contributed by atoms with Gasteiger partial charge in [-0.2, -0.15) is 0 Å². The average Bonchev–Trinajstić information content (AvgIpc) is 3.43. The summed E-state index contributed by atoms with van der Waals surface area (Å²) >= 11 is 5.97. The van der Waals surface area contributed by atoms with E-state index in [1.807, 2.05) is 55.5 Å². The van der Waals surface area contributed by atoms with E-state index in [1.165, 1.54) is 0 Å². The van der Waals surface area contributed by atoms with Crippen LogP contribution in [-0.2, 0) is 22.6 Å². The summed E-state index contributed by atoms with van der Waals surface area (Å²) in [7, 11) is 0. The molecule has 0 radical (unpaired) electrons. The van der Waals surface area contributed by atoms with Crippen LogP contribution in [-0.4, -0.2) is 18.4 Å². The molecule has 136 valence electrons. The lowest BCUT2D eigenvalue weighted by Crippen LogP contribution is -2.43. The Morgan fingerprint density at radius 2 is 1.77 bits per heavy atom. The fourth-order valence-corrected chi connectivity index (χ4v) is 3.23. The Kier molecular flexibility index (Phi) is 5.62. The smallest absolute Gasteiger partial charge is 0.235 e. The van der Waals surface area contributed by atoms with Gasteiger partial charge < -0.3 is 10.6 Å². The van der Waals surface area contributed by atoms with Crippen LogP contribution < -0.4 is 10.6 Å². The van der Waals surface area contributed by atoms with Gasteiger partial charge in [0, 0.05) is 18.1 Å². The first-order valence-corrected chi connectivity index (χ1v) is 9.25. The molecule has 3 rings (SSSR count). The zero-order valence-corrected chi connectivity index (χ0v) is 15.6. The number of rotatable bonds is 7. The molecule has 2 aromatic rings. The van der Waals surface area contributed by atoms with E-state index in [-0.39, 0.29) is 11.8 Å². The first-order valence-electron chi connectivity index (χ1n) is 8.87. The molecule has 1 fully saturated rings. The second-order valence-electron chi connectivity index (χ2n) is 6.83. The summed E-state index contributed by atoms with van der Waals surface area (Å²) in [4.78, 5) is 25.0. The monoisotopic (exact) mass is 370 g/mol. The SMILES string of the molecule is Cc1ccccc1CNC(=O)C1(C(=O)NCCc2cccc(Cl)c2)CC1. The number of carbonyl (C=O) groups excluding carboxylic acids is 2. The van der Waals surface area contributed by atoms with Gasteiger partial charge in [-0.05, 0) is 55.0 Å². The maximum atomic E-state index is 12.5. The van der Waals surface area contributed by atoms with E-state index >= 15 is 0 Å². The van der Waals surface area contributed by atoms with E-state index in [9.17, 15) is 9.59 Å². The Morgan fingerprint density at radius 1 is 1.04 bits per heavy atom. The largest absolute Gasteiger partial charge is 0.355 e. The van der Waals surface area contributed by atoms with Crippen molar-refractivity contribution >= 4 is 23.4 Å². The van der Waals surface area contributed by atoms with Crippen molar-refractivity contribution < 1.29 is 9.59 Å². The van der Waals surface area contributed by atoms with Crippen LogP contribution >= 0.6 is 11.6 Å². The van der Waals surface area contributed by atoms with Gasteiger partial charge in [0.1, 0.15) is 5.41 Å². The molecule has 1 aliphatic rings. The quantitative estimate of drug-likeness (QED) is 0.734. The summed E-state index contributed by atoms with van der Waals surface area (Å²) in [5.41, 5.74) is 2.37. The van der Waals surface area contributed by atoms with E-state index in [4.69, 9.17) is 11.6 Å². The lowest BCUT2D eigenvalue weighted by molar-refractivity contribution is -0.137. The van der Waals surface area contributed by atoms with Crippen LogP contribution in [0.15, 0.2) is 48.5 Å². The van der Waals surface area contributed by atoms with E-state index in [0.717, 1.165) is 16.7 Å². The zero-order chi connectivity index (χ0) is 18.6. The van der Waals surface area contributed by atoms with Crippen LogP contribution in [0.1, 0.15) is 29.5 Å². The highest BCUT2D eigenvalue weighted by molar-refractivity contribution is 6.30. The summed E-state index contributed by atoms with van der Waals surface area (Å²) in [5, 5.41) is 6.51. The summed E-state index contributed by atoms with van der Waals surface area (Å²) in [6.07, 6.45) is 1.90. The van der Waals surface area contributed by atoms with Crippen molar-refractivity contribution in [2.24, 2.45) is 5.41 Å². The lowest BCUT2D eigenvalue weighted by atomic mass is 10.0. The predicted molar refractivity (Wildman–Crippen MR) is 103 cm³/mol. The first-order chi connectivity index (χ1) is 12.5. The highest BCUT2D eigenvalue weighted by Crippen LogP contribution is 2.46. The molecular weight excluding hydrogens is 348 g/mol. The number of aryl methyl sites for hydroxylation is 1. The third-order valence-corrected chi connectivity index (χ3v) is 5.14. The molecule has 1 aliphatic carbocycles. The van der Waals surface area contributed by atoms with Gasteiger partial charge in [0.25, 0.3) is 0 Å². The van der Waals surface area contributed by atoms with Gasteiger partial charge in [0.2, 0.25) is 11.8 Å². The van der Waals surface area contributed by atoms with Gasteiger partial charge in [-0.3, -0.25) is 9.59 Å². The minimum atomic E-state index is -0.892. The van der Waals surface area contributed by atoms with Crippen LogP contribution in [0, 0.1) is 12.3 Å². The summed E-state index contributed by atoms with van der Waals surface area (Å²) in [6, 6.07) is 15.5. The van der Waals surface area contributed by atoms with Crippen molar-refractivity contribution in [3.05, 3.63) is 70.2 Å². The number of halogens is 1. The molecule has 0 saturated heterocycles. The summed E-state index contributed by atoms with van der Waals surface area (Å²) in [5.74, 6) is -0.358. The van der Waals surface area contributed by atoms with Crippen molar-refractivity contribution in [3.8, 4) is 0 Å². The molecule has 0 unspecified atom stereocenters. The van der Waals surface area contributed by atoms with Crippen molar-refractivity contribution in [2.45, 2.75) is 32.7 Å². The molecular formula is C21H23ClN2O2. The fraction of sp³-hybridized carbons (Fsp3) is 0.333. The second-order valence-corrected chi connectivity index (χ2v) is 7.26. The van der Waals surface area contributed by atoms with Gasteiger partial charge in [0.05, 0.1) is 0 Å². The molecule has 2 aromatic carbocycles. The molecule has 0 aromatic heterocycles. The molecule has 0 atom stereocenters. The highest BCUT2D eigenvalue weighted by atomic mass is 35.5. The number of hydrogen-bond acceptors (Lipinski definition) is 2. The number of nitrogens with one attached hydrogen (secondary N) is 2. The maximum absolute atomic E-state index is 12.5. The highest BCUT2D eigenvalue weighted by Gasteiger charge is 2.56. The van der Waals surface area contributed by atoms with Crippen molar-refractivity contribution in [2.75, 3.05) is 6.54 Å². The van der Waals surface area contributed by atoms with Crippen LogP contribution in [0.3, 0.4) is 0 Å².